The molecule has 0 atom stereocenters. The van der Waals surface area contributed by atoms with E-state index in [9.17, 15) is 4.79 Å². The fourth-order valence-corrected chi connectivity index (χ4v) is 2.43. The zero-order valence-corrected chi connectivity index (χ0v) is 14.5. The largest absolute Gasteiger partial charge is 0.490 e. The van der Waals surface area contributed by atoms with Crippen molar-refractivity contribution in [3.05, 3.63) is 53.7 Å². The third-order valence-corrected chi connectivity index (χ3v) is 3.79. The predicted octanol–water partition coefficient (Wildman–Crippen LogP) is 4.28. The van der Waals surface area contributed by atoms with E-state index < -0.39 is 0 Å². The molecule has 1 heterocycles. The first kappa shape index (κ1) is 17.2. The third-order valence-electron chi connectivity index (χ3n) is 3.56. The molecule has 3 rings (SSSR count). The summed E-state index contributed by atoms with van der Waals surface area (Å²) in [6.45, 7) is 2.32. The molecule has 6 heteroatoms. The molecule has 0 bridgehead atoms. The lowest BCUT2D eigenvalue weighted by atomic mass is 10.1. The van der Waals surface area contributed by atoms with Crippen LogP contribution in [0, 0.1) is 0 Å². The van der Waals surface area contributed by atoms with Crippen LogP contribution in [0.25, 0.3) is 22.3 Å². The number of ether oxygens (including phenoxy) is 2. The highest BCUT2D eigenvalue weighted by molar-refractivity contribution is 6.31. The summed E-state index contributed by atoms with van der Waals surface area (Å²) in [4.78, 5) is 20.0. The van der Waals surface area contributed by atoms with Gasteiger partial charge in [-0.25, -0.2) is 4.98 Å². The number of hydrogen-bond donors (Lipinski definition) is 0. The molecule has 0 amide bonds. The van der Waals surface area contributed by atoms with Crippen molar-refractivity contribution in [3.8, 4) is 17.0 Å². The molecule has 2 aromatic carbocycles. The smallest absolute Gasteiger partial charge is 0.305 e. The van der Waals surface area contributed by atoms with Gasteiger partial charge in [0.1, 0.15) is 19.0 Å². The number of nitrogens with zero attached hydrogens (tertiary/aromatic N) is 2. The lowest BCUT2D eigenvalue weighted by Gasteiger charge is -2.08. The zero-order chi connectivity index (χ0) is 17.6. The summed E-state index contributed by atoms with van der Waals surface area (Å²) >= 11 is 5.96. The molecule has 0 aliphatic heterocycles. The number of fused-ring (bicyclic) bond motifs is 1. The van der Waals surface area contributed by atoms with Crippen molar-refractivity contribution in [3.63, 3.8) is 0 Å². The van der Waals surface area contributed by atoms with Crippen LogP contribution >= 0.6 is 11.6 Å². The molecular formula is C19H17ClN2O3. The number of rotatable bonds is 6. The fourth-order valence-electron chi connectivity index (χ4n) is 2.26. The van der Waals surface area contributed by atoms with Crippen LogP contribution in [-0.2, 0) is 9.53 Å². The van der Waals surface area contributed by atoms with Crippen molar-refractivity contribution >= 4 is 28.6 Å². The van der Waals surface area contributed by atoms with Gasteiger partial charge in [-0.15, -0.1) is 0 Å². The second-order valence-corrected chi connectivity index (χ2v) is 5.77. The normalized spacial score (nSPS) is 10.6. The van der Waals surface area contributed by atoms with Gasteiger partial charge in [-0.2, -0.15) is 0 Å². The summed E-state index contributed by atoms with van der Waals surface area (Å²) in [6.07, 6.45) is 2.09. The summed E-state index contributed by atoms with van der Waals surface area (Å²) in [6, 6.07) is 13.0. The monoisotopic (exact) mass is 356 g/mol. The molecule has 0 unspecified atom stereocenters. The molecular weight excluding hydrogens is 340 g/mol. The van der Waals surface area contributed by atoms with E-state index in [1.165, 1.54) is 0 Å². The van der Waals surface area contributed by atoms with E-state index in [2.05, 4.69) is 9.97 Å². The third kappa shape index (κ3) is 4.45. The van der Waals surface area contributed by atoms with E-state index in [0.29, 0.717) is 23.8 Å². The molecule has 0 spiro atoms. The minimum atomic E-state index is -0.227. The van der Waals surface area contributed by atoms with Gasteiger partial charge in [0.05, 0.1) is 22.9 Å². The summed E-state index contributed by atoms with van der Waals surface area (Å²) in [5.41, 5.74) is 3.27. The SMILES string of the molecule is CCC(=O)OCCOc1ccc(-c2cnc3cc(Cl)ccc3n2)cc1. The molecule has 0 aliphatic rings. The molecule has 5 nitrogen and oxygen atoms in total. The van der Waals surface area contributed by atoms with Crippen LogP contribution in [0.2, 0.25) is 5.02 Å². The standard InChI is InChI=1S/C19H17ClN2O3/c1-2-19(23)25-10-9-24-15-6-3-13(4-7-15)18-12-21-17-11-14(20)5-8-16(17)22-18/h3-8,11-12H,2,9-10H2,1H3. The summed E-state index contributed by atoms with van der Waals surface area (Å²) in [5.74, 6) is 0.479. The van der Waals surface area contributed by atoms with Gasteiger partial charge in [0.15, 0.2) is 0 Å². The molecule has 0 fully saturated rings. The highest BCUT2D eigenvalue weighted by Crippen LogP contribution is 2.23. The van der Waals surface area contributed by atoms with Crippen molar-refractivity contribution in [1.29, 1.82) is 0 Å². The number of carbonyl (C=O) groups excluding carboxylic acids is 1. The van der Waals surface area contributed by atoms with Crippen molar-refractivity contribution in [1.82, 2.24) is 9.97 Å². The van der Waals surface area contributed by atoms with Gasteiger partial charge < -0.3 is 9.47 Å². The maximum atomic E-state index is 11.0. The average molecular weight is 357 g/mol. The minimum absolute atomic E-state index is 0.227. The Morgan fingerprint density at radius 3 is 2.64 bits per heavy atom. The average Bonchev–Trinajstić information content (AvgIpc) is 2.65. The summed E-state index contributed by atoms with van der Waals surface area (Å²) in [7, 11) is 0. The molecule has 3 aromatic rings. The van der Waals surface area contributed by atoms with Crippen LogP contribution < -0.4 is 4.74 Å². The highest BCUT2D eigenvalue weighted by Gasteiger charge is 2.04. The molecule has 0 saturated heterocycles. The van der Waals surface area contributed by atoms with Gasteiger partial charge in [-0.3, -0.25) is 9.78 Å². The molecule has 0 aliphatic carbocycles. The van der Waals surface area contributed by atoms with Crippen LogP contribution in [0.1, 0.15) is 13.3 Å². The van der Waals surface area contributed by atoms with E-state index in [-0.39, 0.29) is 12.6 Å². The lowest BCUT2D eigenvalue weighted by molar-refractivity contribution is -0.143. The maximum Gasteiger partial charge on any atom is 0.305 e. The predicted molar refractivity (Wildman–Crippen MR) is 96.7 cm³/mol. The van der Waals surface area contributed by atoms with Gasteiger partial charge in [0.25, 0.3) is 0 Å². The minimum Gasteiger partial charge on any atom is -0.490 e. The molecule has 0 N–H and O–H groups in total. The molecule has 1 aromatic heterocycles. The topological polar surface area (TPSA) is 61.3 Å². The summed E-state index contributed by atoms with van der Waals surface area (Å²) < 4.78 is 10.5. The van der Waals surface area contributed by atoms with Crippen LogP contribution in [0.15, 0.2) is 48.7 Å². The Morgan fingerprint density at radius 2 is 1.88 bits per heavy atom. The van der Waals surface area contributed by atoms with Crippen molar-refractivity contribution in [2.24, 2.45) is 0 Å². The Bertz CT molecular complexity index is 881. The van der Waals surface area contributed by atoms with E-state index in [0.717, 1.165) is 22.3 Å². The molecule has 25 heavy (non-hydrogen) atoms. The van der Waals surface area contributed by atoms with Gasteiger partial charge in [0.2, 0.25) is 0 Å². The fraction of sp³-hybridized carbons (Fsp3) is 0.211. The van der Waals surface area contributed by atoms with Crippen molar-refractivity contribution in [2.75, 3.05) is 13.2 Å². The number of aromatic nitrogens is 2. The Labute approximate surface area is 150 Å². The highest BCUT2D eigenvalue weighted by atomic mass is 35.5. The Balaban J connectivity index is 1.65. The molecule has 128 valence electrons. The van der Waals surface area contributed by atoms with E-state index in [1.54, 1.807) is 25.3 Å². The Morgan fingerprint density at radius 1 is 1.08 bits per heavy atom. The van der Waals surface area contributed by atoms with Gasteiger partial charge >= 0.3 is 5.97 Å². The Kier molecular flexibility index (Phi) is 5.46. The van der Waals surface area contributed by atoms with Crippen LogP contribution in [0.5, 0.6) is 5.75 Å². The summed E-state index contributed by atoms with van der Waals surface area (Å²) in [5, 5.41) is 0.640. The van der Waals surface area contributed by atoms with E-state index in [4.69, 9.17) is 21.1 Å². The van der Waals surface area contributed by atoms with Crippen LogP contribution in [-0.4, -0.2) is 29.2 Å². The first-order chi connectivity index (χ1) is 12.2. The lowest BCUT2D eigenvalue weighted by Crippen LogP contribution is -2.11. The van der Waals surface area contributed by atoms with Gasteiger partial charge in [-0.05, 0) is 42.5 Å². The maximum absolute atomic E-state index is 11.0. The van der Waals surface area contributed by atoms with Gasteiger partial charge in [-0.1, -0.05) is 18.5 Å². The number of esters is 1. The first-order valence-electron chi connectivity index (χ1n) is 7.97. The van der Waals surface area contributed by atoms with Gasteiger partial charge in [0, 0.05) is 17.0 Å². The van der Waals surface area contributed by atoms with Crippen LogP contribution in [0.3, 0.4) is 0 Å². The van der Waals surface area contributed by atoms with Crippen molar-refractivity contribution < 1.29 is 14.3 Å². The first-order valence-corrected chi connectivity index (χ1v) is 8.34. The second-order valence-electron chi connectivity index (χ2n) is 5.34. The zero-order valence-electron chi connectivity index (χ0n) is 13.7. The van der Waals surface area contributed by atoms with Crippen molar-refractivity contribution in [2.45, 2.75) is 13.3 Å². The Hall–Kier alpha value is -2.66. The van der Waals surface area contributed by atoms with E-state index in [1.807, 2.05) is 30.3 Å². The quantitative estimate of drug-likeness (QED) is 0.487. The number of halogens is 1. The number of hydrogen-bond acceptors (Lipinski definition) is 5. The van der Waals surface area contributed by atoms with E-state index >= 15 is 0 Å². The molecule has 0 radical (unpaired) electrons. The number of carbonyl (C=O) groups is 1. The van der Waals surface area contributed by atoms with Crippen LogP contribution in [0.4, 0.5) is 0 Å². The second kappa shape index (κ2) is 7.94. The number of benzene rings is 2. The molecule has 0 saturated carbocycles.